The average molecular weight is 309 g/mol. The Kier molecular flexibility index (Phi) is 6.68. The molecule has 5 nitrogen and oxygen atoms in total. The number of nitrogens with one attached hydrogen (secondary N) is 2. The summed E-state index contributed by atoms with van der Waals surface area (Å²) in [5.74, 6) is 0.717. The van der Waals surface area contributed by atoms with Gasteiger partial charge in [-0.2, -0.15) is 0 Å². The van der Waals surface area contributed by atoms with Crippen LogP contribution < -0.4 is 16.4 Å². The monoisotopic (exact) mass is 309 g/mol. The summed E-state index contributed by atoms with van der Waals surface area (Å²) in [5.41, 5.74) is 5.74. The Morgan fingerprint density at radius 2 is 1.82 bits per heavy atom. The van der Waals surface area contributed by atoms with Crippen LogP contribution in [0, 0.1) is 11.8 Å². The first kappa shape index (κ1) is 17.3. The van der Waals surface area contributed by atoms with E-state index in [0.29, 0.717) is 18.9 Å². The van der Waals surface area contributed by atoms with E-state index in [1.165, 1.54) is 6.42 Å². The number of carbonyl (C=O) groups excluding carboxylic acids is 2. The maximum absolute atomic E-state index is 12.2. The SMILES string of the molecule is CC(CC(=O)NC1CCCC1CN)NC(=O)C1CCCCC1. The molecule has 4 N–H and O–H groups in total. The smallest absolute Gasteiger partial charge is 0.223 e. The van der Waals surface area contributed by atoms with Crippen LogP contribution in [0.4, 0.5) is 0 Å². The molecule has 2 aliphatic carbocycles. The fourth-order valence-electron chi connectivity index (χ4n) is 3.83. The van der Waals surface area contributed by atoms with E-state index < -0.39 is 0 Å². The molecule has 2 fully saturated rings. The summed E-state index contributed by atoms with van der Waals surface area (Å²) in [4.78, 5) is 24.3. The van der Waals surface area contributed by atoms with Crippen molar-refractivity contribution in [3.05, 3.63) is 0 Å². The van der Waals surface area contributed by atoms with Crippen molar-refractivity contribution in [2.75, 3.05) is 6.54 Å². The van der Waals surface area contributed by atoms with Crippen LogP contribution in [0.2, 0.25) is 0 Å². The lowest BCUT2D eigenvalue weighted by molar-refractivity contribution is -0.127. The minimum absolute atomic E-state index is 0.0294. The van der Waals surface area contributed by atoms with Crippen molar-refractivity contribution in [2.45, 2.75) is 76.8 Å². The molecule has 0 heterocycles. The van der Waals surface area contributed by atoms with E-state index in [-0.39, 0.29) is 29.8 Å². The number of hydrogen-bond donors (Lipinski definition) is 3. The Morgan fingerprint density at radius 3 is 2.50 bits per heavy atom. The predicted octanol–water partition coefficient (Wildman–Crippen LogP) is 1.71. The van der Waals surface area contributed by atoms with Gasteiger partial charge in [-0.25, -0.2) is 0 Å². The zero-order chi connectivity index (χ0) is 15.9. The number of carbonyl (C=O) groups is 2. The van der Waals surface area contributed by atoms with Crippen LogP contribution in [0.5, 0.6) is 0 Å². The summed E-state index contributed by atoms with van der Waals surface area (Å²) in [5, 5.41) is 6.10. The van der Waals surface area contributed by atoms with Crippen molar-refractivity contribution in [2.24, 2.45) is 17.6 Å². The van der Waals surface area contributed by atoms with Crippen LogP contribution in [0.3, 0.4) is 0 Å². The van der Waals surface area contributed by atoms with Gasteiger partial charge >= 0.3 is 0 Å². The van der Waals surface area contributed by atoms with E-state index >= 15 is 0 Å². The van der Waals surface area contributed by atoms with Crippen LogP contribution in [-0.4, -0.2) is 30.4 Å². The molecule has 3 unspecified atom stereocenters. The number of hydrogen-bond acceptors (Lipinski definition) is 3. The largest absolute Gasteiger partial charge is 0.353 e. The lowest BCUT2D eigenvalue weighted by Crippen LogP contribution is -2.44. The molecule has 0 aromatic carbocycles. The first-order valence-electron chi connectivity index (χ1n) is 8.90. The van der Waals surface area contributed by atoms with E-state index in [1.54, 1.807) is 0 Å². The third kappa shape index (κ3) is 4.97. The second-order valence-electron chi connectivity index (χ2n) is 7.05. The highest BCUT2D eigenvalue weighted by Crippen LogP contribution is 2.25. The molecule has 126 valence electrons. The van der Waals surface area contributed by atoms with Gasteiger partial charge in [0.05, 0.1) is 0 Å². The van der Waals surface area contributed by atoms with Gasteiger partial charge in [0.1, 0.15) is 0 Å². The average Bonchev–Trinajstić information content (AvgIpc) is 2.94. The molecule has 0 bridgehead atoms. The van der Waals surface area contributed by atoms with Crippen molar-refractivity contribution >= 4 is 11.8 Å². The Bertz CT molecular complexity index is 380. The summed E-state index contributed by atoms with van der Waals surface area (Å²) in [6.45, 7) is 2.55. The summed E-state index contributed by atoms with van der Waals surface area (Å²) in [7, 11) is 0. The predicted molar refractivity (Wildman–Crippen MR) is 87.1 cm³/mol. The normalized spacial score (nSPS) is 27.4. The van der Waals surface area contributed by atoms with Gasteiger partial charge in [0.2, 0.25) is 11.8 Å². The second kappa shape index (κ2) is 8.51. The molecule has 2 aliphatic rings. The number of rotatable bonds is 6. The van der Waals surface area contributed by atoms with Crippen molar-refractivity contribution < 1.29 is 9.59 Å². The highest BCUT2D eigenvalue weighted by molar-refractivity contribution is 5.81. The van der Waals surface area contributed by atoms with E-state index in [1.807, 2.05) is 6.92 Å². The van der Waals surface area contributed by atoms with Gasteiger partial charge in [0.15, 0.2) is 0 Å². The maximum Gasteiger partial charge on any atom is 0.223 e. The van der Waals surface area contributed by atoms with Gasteiger partial charge < -0.3 is 16.4 Å². The van der Waals surface area contributed by atoms with E-state index in [4.69, 9.17) is 5.73 Å². The third-order valence-electron chi connectivity index (χ3n) is 5.16. The number of amides is 2. The van der Waals surface area contributed by atoms with Gasteiger partial charge in [-0.1, -0.05) is 25.7 Å². The molecule has 2 rings (SSSR count). The summed E-state index contributed by atoms with van der Waals surface area (Å²) in [6, 6.07) is 0.117. The van der Waals surface area contributed by atoms with E-state index in [9.17, 15) is 9.59 Å². The van der Waals surface area contributed by atoms with Gasteiger partial charge in [0, 0.05) is 24.4 Å². The van der Waals surface area contributed by atoms with E-state index in [0.717, 1.165) is 44.9 Å². The lowest BCUT2D eigenvalue weighted by atomic mass is 9.88. The molecule has 0 aromatic heterocycles. The Labute approximate surface area is 133 Å². The maximum atomic E-state index is 12.2. The van der Waals surface area contributed by atoms with Crippen LogP contribution >= 0.6 is 0 Å². The van der Waals surface area contributed by atoms with Gasteiger partial charge in [-0.3, -0.25) is 9.59 Å². The van der Waals surface area contributed by atoms with Crippen LogP contribution in [0.15, 0.2) is 0 Å². The van der Waals surface area contributed by atoms with Crippen LogP contribution in [0.25, 0.3) is 0 Å². The molecule has 0 saturated heterocycles. The molecule has 2 amide bonds. The van der Waals surface area contributed by atoms with Crippen LogP contribution in [0.1, 0.15) is 64.7 Å². The number of nitrogens with two attached hydrogens (primary N) is 1. The Balaban J connectivity index is 1.70. The highest BCUT2D eigenvalue weighted by atomic mass is 16.2. The molecule has 3 atom stereocenters. The van der Waals surface area contributed by atoms with Gasteiger partial charge in [-0.15, -0.1) is 0 Å². The summed E-state index contributed by atoms with van der Waals surface area (Å²) >= 11 is 0. The molecule has 2 saturated carbocycles. The van der Waals surface area contributed by atoms with Gasteiger partial charge in [-0.05, 0) is 45.1 Å². The quantitative estimate of drug-likeness (QED) is 0.698. The summed E-state index contributed by atoms with van der Waals surface area (Å²) in [6.07, 6.45) is 9.14. The first-order valence-corrected chi connectivity index (χ1v) is 8.90. The van der Waals surface area contributed by atoms with Crippen molar-refractivity contribution in [1.29, 1.82) is 0 Å². The lowest BCUT2D eigenvalue weighted by Gasteiger charge is -2.24. The minimum atomic E-state index is -0.104. The minimum Gasteiger partial charge on any atom is -0.353 e. The van der Waals surface area contributed by atoms with Crippen molar-refractivity contribution in [3.8, 4) is 0 Å². The first-order chi connectivity index (χ1) is 10.6. The molecular weight excluding hydrogens is 278 g/mol. The second-order valence-corrected chi connectivity index (χ2v) is 7.05. The fourth-order valence-corrected chi connectivity index (χ4v) is 3.83. The Hall–Kier alpha value is -1.10. The van der Waals surface area contributed by atoms with E-state index in [2.05, 4.69) is 10.6 Å². The summed E-state index contributed by atoms with van der Waals surface area (Å²) < 4.78 is 0. The molecule has 5 heteroatoms. The molecule has 0 radical (unpaired) electrons. The third-order valence-corrected chi connectivity index (χ3v) is 5.16. The van der Waals surface area contributed by atoms with Crippen molar-refractivity contribution in [1.82, 2.24) is 10.6 Å². The molecule has 22 heavy (non-hydrogen) atoms. The standard InChI is InChI=1S/C17H31N3O2/c1-12(19-17(22)13-6-3-2-4-7-13)10-16(21)20-15-9-5-8-14(15)11-18/h12-15H,2-11,18H2,1H3,(H,19,22)(H,20,21). The van der Waals surface area contributed by atoms with Crippen molar-refractivity contribution in [3.63, 3.8) is 0 Å². The highest BCUT2D eigenvalue weighted by Gasteiger charge is 2.28. The van der Waals surface area contributed by atoms with Crippen LogP contribution in [-0.2, 0) is 9.59 Å². The zero-order valence-corrected chi connectivity index (χ0v) is 13.8. The molecular formula is C17H31N3O2. The molecule has 0 aliphatic heterocycles. The zero-order valence-electron chi connectivity index (χ0n) is 13.8. The fraction of sp³-hybridized carbons (Fsp3) is 0.882. The molecule has 0 aromatic rings. The Morgan fingerprint density at radius 1 is 1.09 bits per heavy atom. The molecule has 0 spiro atoms. The topological polar surface area (TPSA) is 84.2 Å². The van der Waals surface area contributed by atoms with Gasteiger partial charge in [0.25, 0.3) is 0 Å².